The van der Waals surface area contributed by atoms with E-state index >= 15 is 0 Å². The second-order valence-electron chi connectivity index (χ2n) is 8.27. The van der Waals surface area contributed by atoms with Crippen LogP contribution in [-0.4, -0.2) is 29.5 Å². The Morgan fingerprint density at radius 3 is 2.70 bits per heavy atom. The molecule has 1 unspecified atom stereocenters. The van der Waals surface area contributed by atoms with Crippen molar-refractivity contribution in [3.05, 3.63) is 59.4 Å². The maximum Gasteiger partial charge on any atom is 0.224 e. The molecule has 27 heavy (non-hydrogen) atoms. The quantitative estimate of drug-likeness (QED) is 0.844. The highest BCUT2D eigenvalue weighted by molar-refractivity contribution is 5.79. The predicted octanol–water partition coefficient (Wildman–Crippen LogP) is 3.99. The van der Waals surface area contributed by atoms with Gasteiger partial charge in [0.05, 0.1) is 23.8 Å². The van der Waals surface area contributed by atoms with E-state index in [0.29, 0.717) is 6.42 Å². The number of carbonyl (C=O) groups excluding carboxylic acids is 1. The largest absolute Gasteiger partial charge is 0.368 e. The average Bonchev–Trinajstić information content (AvgIpc) is 3.43. The Morgan fingerprint density at radius 1 is 1.26 bits per heavy atom. The molecule has 1 aliphatic heterocycles. The predicted molar refractivity (Wildman–Crippen MR) is 109 cm³/mol. The van der Waals surface area contributed by atoms with Crippen molar-refractivity contribution in [3.63, 3.8) is 0 Å². The molecule has 2 fully saturated rings. The van der Waals surface area contributed by atoms with Gasteiger partial charge in [-0.05, 0) is 61.3 Å². The van der Waals surface area contributed by atoms with E-state index in [4.69, 9.17) is 0 Å². The van der Waals surface area contributed by atoms with Gasteiger partial charge in [-0.2, -0.15) is 0 Å². The minimum atomic E-state index is -0.144. The minimum Gasteiger partial charge on any atom is -0.368 e. The van der Waals surface area contributed by atoms with Gasteiger partial charge in [0.15, 0.2) is 0 Å². The standard InChI is InChI=1S/C23H29N3O/c1-3-23(10-11-26(16-23)21-12-17(2)14-24-15-21)25-22(27)13-18-4-6-19(7-5-18)20-8-9-20/h4-7,12,14-15,20H,3,8-11,13,16H2,1-2H3,(H,25,27). The topological polar surface area (TPSA) is 45.2 Å². The first-order valence-corrected chi connectivity index (χ1v) is 10.1. The fourth-order valence-electron chi connectivity index (χ4n) is 4.13. The number of aromatic nitrogens is 1. The molecule has 1 aromatic carbocycles. The number of carbonyl (C=O) groups is 1. The number of hydrogen-bond acceptors (Lipinski definition) is 3. The highest BCUT2D eigenvalue weighted by Gasteiger charge is 2.38. The minimum absolute atomic E-state index is 0.125. The zero-order chi connectivity index (χ0) is 18.9. The van der Waals surface area contributed by atoms with E-state index in [0.717, 1.165) is 43.1 Å². The van der Waals surface area contributed by atoms with Crippen molar-refractivity contribution in [1.29, 1.82) is 0 Å². The van der Waals surface area contributed by atoms with E-state index in [-0.39, 0.29) is 11.4 Å². The van der Waals surface area contributed by atoms with Gasteiger partial charge in [-0.1, -0.05) is 31.2 Å². The van der Waals surface area contributed by atoms with Crippen LogP contribution in [0, 0.1) is 6.92 Å². The van der Waals surface area contributed by atoms with Gasteiger partial charge >= 0.3 is 0 Å². The van der Waals surface area contributed by atoms with Crippen LogP contribution in [0.25, 0.3) is 0 Å². The van der Waals surface area contributed by atoms with Crippen LogP contribution in [0.4, 0.5) is 5.69 Å². The molecule has 0 radical (unpaired) electrons. The van der Waals surface area contributed by atoms with Gasteiger partial charge in [0, 0.05) is 19.3 Å². The van der Waals surface area contributed by atoms with Gasteiger partial charge in [-0.25, -0.2) is 0 Å². The molecule has 0 bridgehead atoms. The van der Waals surface area contributed by atoms with Crippen molar-refractivity contribution in [1.82, 2.24) is 10.3 Å². The van der Waals surface area contributed by atoms with Gasteiger partial charge in [-0.15, -0.1) is 0 Å². The molecule has 1 atom stereocenters. The molecule has 1 N–H and O–H groups in total. The Morgan fingerprint density at radius 2 is 2.04 bits per heavy atom. The number of aryl methyl sites for hydroxylation is 1. The Labute approximate surface area is 162 Å². The Balaban J connectivity index is 1.38. The molecule has 2 aliphatic rings. The molecule has 0 spiro atoms. The molecular formula is C23H29N3O. The van der Waals surface area contributed by atoms with Crippen molar-refractivity contribution in [2.24, 2.45) is 0 Å². The van der Waals surface area contributed by atoms with Crippen LogP contribution in [0.15, 0.2) is 42.7 Å². The molecule has 1 aromatic heterocycles. The van der Waals surface area contributed by atoms with Gasteiger partial charge < -0.3 is 10.2 Å². The molecule has 1 saturated carbocycles. The summed E-state index contributed by atoms with van der Waals surface area (Å²) in [5.74, 6) is 0.886. The number of anilines is 1. The summed E-state index contributed by atoms with van der Waals surface area (Å²) in [5, 5.41) is 3.35. The summed E-state index contributed by atoms with van der Waals surface area (Å²) >= 11 is 0. The Bertz CT molecular complexity index is 813. The lowest BCUT2D eigenvalue weighted by atomic mass is 9.94. The molecule has 4 heteroatoms. The molecule has 142 valence electrons. The highest BCUT2D eigenvalue weighted by atomic mass is 16.1. The van der Waals surface area contributed by atoms with Crippen LogP contribution in [-0.2, 0) is 11.2 Å². The van der Waals surface area contributed by atoms with Crippen LogP contribution in [0.3, 0.4) is 0 Å². The summed E-state index contributed by atoms with van der Waals surface area (Å²) in [6, 6.07) is 10.8. The van der Waals surface area contributed by atoms with Crippen molar-refractivity contribution < 1.29 is 4.79 Å². The summed E-state index contributed by atoms with van der Waals surface area (Å²) in [6.07, 6.45) is 8.79. The number of nitrogens with one attached hydrogen (secondary N) is 1. The van der Waals surface area contributed by atoms with Crippen LogP contribution in [0.2, 0.25) is 0 Å². The maximum atomic E-state index is 12.7. The maximum absolute atomic E-state index is 12.7. The van der Waals surface area contributed by atoms with E-state index < -0.39 is 0 Å². The van der Waals surface area contributed by atoms with E-state index in [2.05, 4.69) is 59.4 Å². The number of benzene rings is 1. The number of pyridine rings is 1. The first-order valence-electron chi connectivity index (χ1n) is 10.1. The second-order valence-corrected chi connectivity index (χ2v) is 8.27. The van der Waals surface area contributed by atoms with E-state index in [1.165, 1.54) is 24.0 Å². The van der Waals surface area contributed by atoms with Gasteiger partial charge in [-0.3, -0.25) is 9.78 Å². The normalized spacial score (nSPS) is 22.1. The van der Waals surface area contributed by atoms with E-state index in [1.807, 2.05) is 12.4 Å². The third-order valence-electron chi connectivity index (χ3n) is 6.05. The van der Waals surface area contributed by atoms with Gasteiger partial charge in [0.1, 0.15) is 0 Å². The van der Waals surface area contributed by atoms with Crippen LogP contribution in [0.5, 0.6) is 0 Å². The Hall–Kier alpha value is -2.36. The fourth-order valence-corrected chi connectivity index (χ4v) is 4.13. The van der Waals surface area contributed by atoms with Crippen molar-refractivity contribution >= 4 is 11.6 Å². The van der Waals surface area contributed by atoms with E-state index in [9.17, 15) is 4.79 Å². The number of amides is 1. The number of nitrogens with zero attached hydrogens (tertiary/aromatic N) is 2. The monoisotopic (exact) mass is 363 g/mol. The smallest absolute Gasteiger partial charge is 0.224 e. The molecule has 4 rings (SSSR count). The lowest BCUT2D eigenvalue weighted by Crippen LogP contribution is -2.50. The summed E-state index contributed by atoms with van der Waals surface area (Å²) in [7, 11) is 0. The summed E-state index contributed by atoms with van der Waals surface area (Å²) in [4.78, 5) is 19.4. The third kappa shape index (κ3) is 4.15. The second kappa shape index (κ2) is 7.34. The van der Waals surface area contributed by atoms with Gasteiger partial charge in [0.25, 0.3) is 0 Å². The molecule has 4 nitrogen and oxygen atoms in total. The van der Waals surface area contributed by atoms with Gasteiger partial charge in [0.2, 0.25) is 5.91 Å². The molecule has 1 aliphatic carbocycles. The Kier molecular flexibility index (Phi) is 4.90. The molecular weight excluding hydrogens is 334 g/mol. The average molecular weight is 364 g/mol. The summed E-state index contributed by atoms with van der Waals surface area (Å²) in [5.41, 5.74) is 4.69. The zero-order valence-electron chi connectivity index (χ0n) is 16.4. The van der Waals surface area contributed by atoms with Crippen molar-refractivity contribution in [2.75, 3.05) is 18.0 Å². The first-order chi connectivity index (χ1) is 13.1. The SMILES string of the molecule is CCC1(NC(=O)Cc2ccc(C3CC3)cc2)CCN(c2cncc(C)c2)C1. The molecule has 1 amide bonds. The molecule has 2 aromatic rings. The zero-order valence-corrected chi connectivity index (χ0v) is 16.4. The molecule has 2 heterocycles. The lowest BCUT2D eigenvalue weighted by molar-refractivity contribution is -0.122. The number of rotatable bonds is 6. The summed E-state index contributed by atoms with van der Waals surface area (Å²) < 4.78 is 0. The highest BCUT2D eigenvalue weighted by Crippen LogP contribution is 2.39. The van der Waals surface area contributed by atoms with Crippen molar-refractivity contribution in [3.8, 4) is 0 Å². The molecule has 1 saturated heterocycles. The van der Waals surface area contributed by atoms with Crippen LogP contribution < -0.4 is 10.2 Å². The summed E-state index contributed by atoms with van der Waals surface area (Å²) in [6.45, 7) is 6.04. The van der Waals surface area contributed by atoms with Crippen molar-refractivity contribution in [2.45, 2.75) is 57.4 Å². The van der Waals surface area contributed by atoms with Crippen LogP contribution >= 0.6 is 0 Å². The number of hydrogen-bond donors (Lipinski definition) is 1. The fraction of sp³-hybridized carbons (Fsp3) is 0.478. The third-order valence-corrected chi connectivity index (χ3v) is 6.05. The van der Waals surface area contributed by atoms with E-state index in [1.54, 1.807) is 0 Å². The first kappa shape index (κ1) is 18.0. The van der Waals surface area contributed by atoms with Crippen LogP contribution in [0.1, 0.15) is 55.2 Å². The lowest BCUT2D eigenvalue weighted by Gasteiger charge is -2.30.